The average Bonchev–Trinajstić information content (AvgIpc) is 3.10. The fourth-order valence-corrected chi connectivity index (χ4v) is 3.22. The first kappa shape index (κ1) is 19.1. The molecule has 0 aliphatic heterocycles. The van der Waals surface area contributed by atoms with Crippen molar-refractivity contribution in [2.24, 2.45) is 0 Å². The molecule has 0 N–H and O–H groups in total. The van der Waals surface area contributed by atoms with Crippen molar-refractivity contribution in [3.8, 4) is 5.75 Å². The molecular weight excluding hydrogens is 358 g/mol. The molecule has 0 saturated heterocycles. The lowest BCUT2D eigenvalue weighted by molar-refractivity contribution is 0.382. The van der Waals surface area contributed by atoms with Gasteiger partial charge >= 0.3 is 0 Å². The van der Waals surface area contributed by atoms with E-state index in [1.54, 1.807) is 4.90 Å². The zero-order chi connectivity index (χ0) is 19.7. The van der Waals surface area contributed by atoms with E-state index in [1.807, 2.05) is 75.4 Å². The summed E-state index contributed by atoms with van der Waals surface area (Å²) in [7, 11) is 3.73. The van der Waals surface area contributed by atoms with Crippen LogP contribution in [0.4, 0.5) is 0 Å². The van der Waals surface area contributed by atoms with Crippen LogP contribution in [0.2, 0.25) is 0 Å². The Labute approximate surface area is 165 Å². The number of thiocarbonyl (C=S) groups is 1. The van der Waals surface area contributed by atoms with Crippen molar-refractivity contribution in [3.63, 3.8) is 0 Å². The molecule has 0 aliphatic rings. The summed E-state index contributed by atoms with van der Waals surface area (Å²) in [6.07, 6.45) is -0.270. The lowest BCUT2D eigenvalue weighted by Crippen LogP contribution is -2.28. The highest BCUT2D eigenvalue weighted by Crippen LogP contribution is 2.31. The van der Waals surface area contributed by atoms with E-state index < -0.39 is 0 Å². The van der Waals surface area contributed by atoms with E-state index in [0.717, 1.165) is 28.3 Å². The summed E-state index contributed by atoms with van der Waals surface area (Å²) in [5, 5.41) is 9.86. The maximum absolute atomic E-state index is 6.00. The van der Waals surface area contributed by atoms with E-state index in [9.17, 15) is 0 Å². The Kier molecular flexibility index (Phi) is 5.32. The molecule has 0 bridgehead atoms. The first-order valence-corrected chi connectivity index (χ1v) is 9.22. The molecule has 1 aromatic carbocycles. The molecule has 0 fully saturated rings. The van der Waals surface area contributed by atoms with Gasteiger partial charge in [-0.05, 0) is 58.1 Å². The highest BCUT2D eigenvalue weighted by molar-refractivity contribution is 7.80. The van der Waals surface area contributed by atoms with Gasteiger partial charge in [0.15, 0.2) is 6.17 Å². The van der Waals surface area contributed by atoms with Crippen LogP contribution < -0.4 is 4.74 Å². The molecule has 7 heteroatoms. The van der Waals surface area contributed by atoms with Crippen LogP contribution in [0, 0.1) is 27.7 Å². The van der Waals surface area contributed by atoms with E-state index in [1.165, 1.54) is 0 Å². The summed E-state index contributed by atoms with van der Waals surface area (Å²) >= 11 is 5.36. The van der Waals surface area contributed by atoms with E-state index in [0.29, 0.717) is 10.9 Å². The van der Waals surface area contributed by atoms with Crippen molar-refractivity contribution in [1.82, 2.24) is 24.5 Å². The molecule has 0 radical (unpaired) electrons. The van der Waals surface area contributed by atoms with Crippen molar-refractivity contribution in [2.45, 2.75) is 33.9 Å². The number of aryl methyl sites for hydroxylation is 4. The van der Waals surface area contributed by atoms with Crippen molar-refractivity contribution < 1.29 is 4.74 Å². The van der Waals surface area contributed by atoms with Crippen LogP contribution in [0.15, 0.2) is 36.4 Å². The Morgan fingerprint density at radius 3 is 1.93 bits per heavy atom. The minimum absolute atomic E-state index is 0.270. The zero-order valence-corrected chi connectivity index (χ0v) is 17.4. The van der Waals surface area contributed by atoms with Gasteiger partial charge in [0.25, 0.3) is 5.17 Å². The van der Waals surface area contributed by atoms with Crippen LogP contribution in [-0.4, -0.2) is 43.7 Å². The van der Waals surface area contributed by atoms with Gasteiger partial charge in [-0.3, -0.25) is 0 Å². The Hall–Kier alpha value is -2.67. The summed E-state index contributed by atoms with van der Waals surface area (Å²) in [5.74, 6) is 0.696. The molecular formula is C20H25N5OS. The number of ether oxygens (including phenoxy) is 1. The monoisotopic (exact) mass is 383 g/mol. The fourth-order valence-electron chi connectivity index (χ4n) is 3.13. The number of aromatic nitrogens is 4. The molecule has 0 unspecified atom stereocenters. The summed E-state index contributed by atoms with van der Waals surface area (Å²) in [6, 6.07) is 12.0. The first-order valence-electron chi connectivity index (χ1n) is 8.81. The number of rotatable bonds is 4. The van der Waals surface area contributed by atoms with E-state index in [-0.39, 0.29) is 6.17 Å². The topological polar surface area (TPSA) is 48.1 Å². The maximum atomic E-state index is 6.00. The third-order valence-electron chi connectivity index (χ3n) is 4.31. The standard InChI is InChI=1S/C20H25N5OS/c1-13-11-15(3)24(21-13)19(25-16(4)12-14(2)22-25)17-9-7-8-10-18(17)26-20(27)23(5)6/h7-12,19H,1-6H3. The van der Waals surface area contributed by atoms with Gasteiger partial charge in [0.05, 0.1) is 11.4 Å². The molecule has 0 spiro atoms. The van der Waals surface area contributed by atoms with E-state index in [4.69, 9.17) is 27.2 Å². The predicted octanol–water partition coefficient (Wildman–Crippen LogP) is 3.63. The van der Waals surface area contributed by atoms with Gasteiger partial charge in [0.2, 0.25) is 0 Å². The molecule has 0 atom stereocenters. The Bertz CT molecular complexity index is 926. The number of para-hydroxylation sites is 1. The number of hydrogen-bond acceptors (Lipinski definition) is 4. The molecule has 0 amide bonds. The fraction of sp³-hybridized carbons (Fsp3) is 0.350. The second kappa shape index (κ2) is 7.52. The van der Waals surface area contributed by atoms with Crippen LogP contribution in [0.25, 0.3) is 0 Å². The summed E-state index contributed by atoms with van der Waals surface area (Å²) in [6.45, 7) is 8.08. The quantitative estimate of drug-likeness (QED) is 0.644. The van der Waals surface area contributed by atoms with E-state index >= 15 is 0 Å². The van der Waals surface area contributed by atoms with E-state index in [2.05, 4.69) is 12.1 Å². The lowest BCUT2D eigenvalue weighted by Gasteiger charge is -2.25. The summed E-state index contributed by atoms with van der Waals surface area (Å²) < 4.78 is 9.96. The van der Waals surface area contributed by atoms with Gasteiger partial charge < -0.3 is 9.64 Å². The van der Waals surface area contributed by atoms with Crippen molar-refractivity contribution in [1.29, 1.82) is 0 Å². The van der Waals surface area contributed by atoms with Crippen LogP contribution in [0.3, 0.4) is 0 Å². The molecule has 0 saturated carbocycles. The van der Waals surface area contributed by atoms with Crippen molar-refractivity contribution >= 4 is 17.4 Å². The second-order valence-corrected chi connectivity index (χ2v) is 7.27. The second-order valence-electron chi connectivity index (χ2n) is 6.92. The molecule has 27 heavy (non-hydrogen) atoms. The molecule has 3 rings (SSSR count). The molecule has 6 nitrogen and oxygen atoms in total. The minimum atomic E-state index is -0.270. The minimum Gasteiger partial charge on any atom is -0.431 e. The normalized spacial score (nSPS) is 11.1. The third kappa shape index (κ3) is 3.88. The number of nitrogens with zero attached hydrogens (tertiary/aromatic N) is 5. The van der Waals surface area contributed by atoms with Gasteiger partial charge in [0.1, 0.15) is 5.75 Å². The number of hydrogen-bond donors (Lipinski definition) is 0. The van der Waals surface area contributed by atoms with Gasteiger partial charge in [0, 0.05) is 31.0 Å². The molecule has 0 aliphatic carbocycles. The zero-order valence-electron chi connectivity index (χ0n) is 16.6. The number of benzene rings is 1. The van der Waals surface area contributed by atoms with Crippen LogP contribution in [0.5, 0.6) is 5.75 Å². The first-order chi connectivity index (χ1) is 12.8. The Morgan fingerprint density at radius 1 is 0.963 bits per heavy atom. The molecule has 2 aromatic heterocycles. The molecule has 142 valence electrons. The molecule has 3 aromatic rings. The van der Waals surface area contributed by atoms with Gasteiger partial charge in [-0.15, -0.1) is 0 Å². The predicted molar refractivity (Wildman–Crippen MR) is 110 cm³/mol. The largest absolute Gasteiger partial charge is 0.431 e. The average molecular weight is 384 g/mol. The van der Waals surface area contributed by atoms with Gasteiger partial charge in [-0.1, -0.05) is 18.2 Å². The smallest absolute Gasteiger partial charge is 0.264 e. The Balaban J connectivity index is 2.19. The Morgan fingerprint density at radius 2 is 1.48 bits per heavy atom. The van der Waals surface area contributed by atoms with Crippen LogP contribution in [0.1, 0.15) is 34.5 Å². The molecule has 2 heterocycles. The maximum Gasteiger partial charge on any atom is 0.264 e. The highest BCUT2D eigenvalue weighted by atomic mass is 32.1. The SMILES string of the molecule is Cc1cc(C)n(C(c2ccccc2OC(=S)N(C)C)n2nc(C)cc2C)n1. The van der Waals surface area contributed by atoms with Crippen molar-refractivity contribution in [3.05, 3.63) is 64.7 Å². The summed E-state index contributed by atoms with van der Waals surface area (Å²) in [5.41, 5.74) is 4.96. The van der Waals surface area contributed by atoms with Gasteiger partial charge in [-0.25, -0.2) is 9.36 Å². The van der Waals surface area contributed by atoms with Crippen molar-refractivity contribution in [2.75, 3.05) is 14.1 Å². The van der Waals surface area contributed by atoms with Crippen LogP contribution >= 0.6 is 12.2 Å². The third-order valence-corrected chi connectivity index (χ3v) is 4.76. The summed E-state index contributed by atoms with van der Waals surface area (Å²) in [4.78, 5) is 1.77. The lowest BCUT2D eigenvalue weighted by atomic mass is 10.1. The van der Waals surface area contributed by atoms with Crippen LogP contribution in [-0.2, 0) is 0 Å². The van der Waals surface area contributed by atoms with Gasteiger partial charge in [-0.2, -0.15) is 10.2 Å². The highest BCUT2D eigenvalue weighted by Gasteiger charge is 2.25.